The van der Waals surface area contributed by atoms with Crippen LogP contribution in [0.2, 0.25) is 0 Å². The molecule has 6 nitrogen and oxygen atoms in total. The minimum absolute atomic E-state index is 0.0369. The minimum atomic E-state index is -2.93. The molecular weight excluding hydrogens is 440 g/mol. The molecule has 34 heavy (non-hydrogen) atoms. The van der Waals surface area contributed by atoms with Gasteiger partial charge in [0.15, 0.2) is 11.5 Å². The lowest BCUT2D eigenvalue weighted by Crippen LogP contribution is -2.45. The summed E-state index contributed by atoms with van der Waals surface area (Å²) in [5.41, 5.74) is 2.93. The van der Waals surface area contributed by atoms with Gasteiger partial charge in [0.05, 0.1) is 6.61 Å². The second-order valence-corrected chi connectivity index (χ2v) is 8.10. The first-order chi connectivity index (χ1) is 16.5. The van der Waals surface area contributed by atoms with Crippen LogP contribution in [0.3, 0.4) is 0 Å². The molecule has 184 valence electrons. The lowest BCUT2D eigenvalue weighted by atomic mass is 10.1. The van der Waals surface area contributed by atoms with Gasteiger partial charge in [-0.1, -0.05) is 37.3 Å². The first-order valence-electron chi connectivity index (χ1n) is 11.7. The van der Waals surface area contributed by atoms with Crippen LogP contribution in [-0.4, -0.2) is 61.6 Å². The van der Waals surface area contributed by atoms with E-state index < -0.39 is 6.61 Å². The molecule has 0 aromatic heterocycles. The molecule has 0 aliphatic carbocycles. The molecular formula is C26H33F2N3O3. The molecule has 1 N–H and O–H groups in total. The van der Waals surface area contributed by atoms with Crippen LogP contribution in [0.1, 0.15) is 30.5 Å². The highest BCUT2D eigenvalue weighted by Crippen LogP contribution is 2.30. The van der Waals surface area contributed by atoms with Crippen molar-refractivity contribution < 1.29 is 23.0 Å². The fraction of sp³-hybridized carbons (Fsp3) is 0.423. The summed E-state index contributed by atoms with van der Waals surface area (Å²) in [4.78, 5) is 17.2. The molecule has 0 unspecified atom stereocenters. The van der Waals surface area contributed by atoms with Gasteiger partial charge in [-0.2, -0.15) is 8.78 Å². The molecule has 0 spiro atoms. The van der Waals surface area contributed by atoms with Crippen LogP contribution >= 0.6 is 0 Å². The number of alkyl halides is 2. The summed E-state index contributed by atoms with van der Waals surface area (Å²) in [5.74, 6) is -0.0773. The monoisotopic (exact) mass is 473 g/mol. The van der Waals surface area contributed by atoms with Crippen molar-refractivity contribution in [3.63, 3.8) is 0 Å². The van der Waals surface area contributed by atoms with Crippen molar-refractivity contribution in [1.82, 2.24) is 15.1 Å². The van der Waals surface area contributed by atoms with Crippen LogP contribution in [-0.2, 0) is 17.9 Å². The first-order valence-corrected chi connectivity index (χ1v) is 11.7. The molecule has 0 atom stereocenters. The smallest absolute Gasteiger partial charge is 0.387 e. The lowest BCUT2D eigenvalue weighted by Gasteiger charge is -2.34. The number of benzene rings is 2. The Bertz CT molecular complexity index is 943. The molecule has 0 bridgehead atoms. The van der Waals surface area contributed by atoms with E-state index in [1.807, 2.05) is 12.1 Å². The fourth-order valence-corrected chi connectivity index (χ4v) is 3.79. The average molecular weight is 474 g/mol. The zero-order valence-electron chi connectivity index (χ0n) is 19.8. The molecule has 2 aromatic rings. The Morgan fingerprint density at radius 2 is 1.68 bits per heavy atom. The van der Waals surface area contributed by atoms with Crippen LogP contribution in [0, 0.1) is 0 Å². The van der Waals surface area contributed by atoms with Crippen molar-refractivity contribution in [2.45, 2.75) is 33.5 Å². The van der Waals surface area contributed by atoms with E-state index in [9.17, 15) is 13.6 Å². The molecule has 1 heterocycles. The summed E-state index contributed by atoms with van der Waals surface area (Å²) >= 11 is 0. The summed E-state index contributed by atoms with van der Waals surface area (Å²) in [6, 6.07) is 12.9. The maximum atomic E-state index is 12.5. The Morgan fingerprint density at radius 1 is 1.00 bits per heavy atom. The largest absolute Gasteiger partial charge is 0.490 e. The number of amides is 1. The predicted octanol–water partition coefficient (Wildman–Crippen LogP) is 4.15. The number of hydrogen-bond donors (Lipinski definition) is 1. The quantitative estimate of drug-likeness (QED) is 0.497. The second kappa shape index (κ2) is 13.1. The summed E-state index contributed by atoms with van der Waals surface area (Å²) in [6.07, 6.45) is 3.01. The number of carbonyl (C=O) groups is 1. The first kappa shape index (κ1) is 25.6. The van der Waals surface area contributed by atoms with Crippen molar-refractivity contribution in [1.29, 1.82) is 0 Å². The van der Waals surface area contributed by atoms with Gasteiger partial charge in [0.25, 0.3) is 0 Å². The molecule has 1 aliphatic rings. The third kappa shape index (κ3) is 8.11. The zero-order valence-corrected chi connectivity index (χ0v) is 19.8. The van der Waals surface area contributed by atoms with Crippen molar-refractivity contribution in [2.75, 3.05) is 39.3 Å². The van der Waals surface area contributed by atoms with Crippen LogP contribution in [0.15, 0.2) is 48.5 Å². The van der Waals surface area contributed by atoms with Crippen molar-refractivity contribution in [3.05, 3.63) is 65.2 Å². The molecule has 8 heteroatoms. The number of likely N-dealkylation sites (N-methyl/N-ethyl adjacent to an activating group) is 1. The van der Waals surface area contributed by atoms with Crippen LogP contribution < -0.4 is 14.8 Å². The topological polar surface area (TPSA) is 54.0 Å². The predicted molar refractivity (Wildman–Crippen MR) is 129 cm³/mol. The van der Waals surface area contributed by atoms with Crippen LogP contribution in [0.5, 0.6) is 11.5 Å². The van der Waals surface area contributed by atoms with Gasteiger partial charge in [-0.25, -0.2) is 0 Å². The number of piperazine rings is 1. The van der Waals surface area contributed by atoms with Crippen molar-refractivity contribution in [2.24, 2.45) is 0 Å². The third-order valence-corrected chi connectivity index (χ3v) is 5.72. The highest BCUT2D eigenvalue weighted by atomic mass is 19.3. The van der Waals surface area contributed by atoms with E-state index in [1.54, 1.807) is 25.1 Å². The third-order valence-electron chi connectivity index (χ3n) is 5.72. The minimum Gasteiger partial charge on any atom is -0.490 e. The van der Waals surface area contributed by atoms with Crippen LogP contribution in [0.4, 0.5) is 8.78 Å². The van der Waals surface area contributed by atoms with Crippen LogP contribution in [0.25, 0.3) is 6.08 Å². The molecule has 1 amide bonds. The summed E-state index contributed by atoms with van der Waals surface area (Å²) in [5, 5.41) is 2.86. The van der Waals surface area contributed by atoms with E-state index in [-0.39, 0.29) is 17.4 Å². The average Bonchev–Trinajstić information content (AvgIpc) is 2.84. The number of halogens is 2. The number of carbonyl (C=O) groups excluding carboxylic acids is 1. The Kier molecular flexibility index (Phi) is 9.85. The van der Waals surface area contributed by atoms with E-state index in [2.05, 4.69) is 38.9 Å². The molecule has 1 saturated heterocycles. The van der Waals surface area contributed by atoms with Gasteiger partial charge in [0, 0.05) is 45.3 Å². The van der Waals surface area contributed by atoms with E-state index in [0.29, 0.717) is 18.7 Å². The molecule has 3 rings (SSSR count). The molecule has 1 fully saturated rings. The van der Waals surface area contributed by atoms with Gasteiger partial charge in [0.1, 0.15) is 0 Å². The van der Waals surface area contributed by atoms with Gasteiger partial charge in [-0.15, -0.1) is 0 Å². The lowest BCUT2D eigenvalue weighted by molar-refractivity contribution is -0.116. The summed E-state index contributed by atoms with van der Waals surface area (Å²) < 4.78 is 34.9. The number of rotatable bonds is 11. The van der Waals surface area contributed by atoms with E-state index in [1.165, 1.54) is 17.7 Å². The zero-order chi connectivity index (χ0) is 24.3. The van der Waals surface area contributed by atoms with E-state index in [4.69, 9.17) is 4.74 Å². The molecule has 0 saturated carbocycles. The Morgan fingerprint density at radius 3 is 2.32 bits per heavy atom. The molecule has 1 aliphatic heterocycles. The van der Waals surface area contributed by atoms with Gasteiger partial charge in [0.2, 0.25) is 5.91 Å². The van der Waals surface area contributed by atoms with E-state index >= 15 is 0 Å². The Hall–Kier alpha value is -2.97. The molecule has 2 aromatic carbocycles. The van der Waals surface area contributed by atoms with Gasteiger partial charge in [-0.05, 0) is 48.4 Å². The maximum absolute atomic E-state index is 12.5. The Labute approximate surface area is 200 Å². The van der Waals surface area contributed by atoms with Gasteiger partial charge in [-0.3, -0.25) is 9.69 Å². The standard InChI is InChI=1S/C26H33F2N3O3/c1-3-30-13-15-31(16-14-30)19-22-7-5-21(6-8-22)18-29-25(32)12-10-20-9-11-23(34-26(27)28)24(17-20)33-4-2/h5-12,17,26H,3-4,13-16,18-19H2,1-2H3,(H,29,32). The molecule has 0 radical (unpaired) electrons. The van der Waals surface area contributed by atoms with Gasteiger partial charge >= 0.3 is 6.61 Å². The highest BCUT2D eigenvalue weighted by molar-refractivity contribution is 5.91. The van der Waals surface area contributed by atoms with Crippen molar-refractivity contribution in [3.8, 4) is 11.5 Å². The number of nitrogens with one attached hydrogen (secondary N) is 1. The highest BCUT2D eigenvalue weighted by Gasteiger charge is 2.15. The maximum Gasteiger partial charge on any atom is 0.387 e. The summed E-state index contributed by atoms with van der Waals surface area (Å²) in [7, 11) is 0. The fourth-order valence-electron chi connectivity index (χ4n) is 3.79. The van der Waals surface area contributed by atoms with E-state index in [0.717, 1.165) is 44.8 Å². The van der Waals surface area contributed by atoms with Gasteiger partial charge < -0.3 is 19.7 Å². The van der Waals surface area contributed by atoms with Crippen molar-refractivity contribution >= 4 is 12.0 Å². The second-order valence-electron chi connectivity index (χ2n) is 8.10. The number of ether oxygens (including phenoxy) is 2. The Balaban J connectivity index is 1.47. The normalized spacial score (nSPS) is 15.1. The number of nitrogens with zero attached hydrogens (tertiary/aromatic N) is 2. The SMILES string of the molecule is CCOc1cc(C=CC(=O)NCc2ccc(CN3CCN(CC)CC3)cc2)ccc1OC(F)F. The number of hydrogen-bond acceptors (Lipinski definition) is 5. The summed E-state index contributed by atoms with van der Waals surface area (Å²) in [6.45, 7) is 8.22.